The van der Waals surface area contributed by atoms with E-state index in [2.05, 4.69) is 27.4 Å². The zero-order valence-electron chi connectivity index (χ0n) is 13.9. The molecule has 0 aliphatic rings. The molecule has 0 radical (unpaired) electrons. The zero-order valence-corrected chi connectivity index (χ0v) is 13.9. The Kier molecular flexibility index (Phi) is 5.72. The first-order valence-electron chi connectivity index (χ1n) is 8.20. The van der Waals surface area contributed by atoms with Crippen molar-refractivity contribution in [3.05, 3.63) is 90.5 Å². The molecule has 0 aliphatic heterocycles. The highest BCUT2D eigenvalue weighted by atomic mass is 16.2. The van der Waals surface area contributed by atoms with Gasteiger partial charge in [0.25, 0.3) is 0 Å². The van der Waals surface area contributed by atoms with E-state index in [-0.39, 0.29) is 6.03 Å². The van der Waals surface area contributed by atoms with Gasteiger partial charge in [-0.3, -0.25) is 9.97 Å². The van der Waals surface area contributed by atoms with Gasteiger partial charge in [0.05, 0.1) is 0 Å². The Hall–Kier alpha value is -3.21. The van der Waals surface area contributed by atoms with Gasteiger partial charge in [0.2, 0.25) is 0 Å². The molecule has 5 nitrogen and oxygen atoms in total. The Morgan fingerprint density at radius 1 is 0.840 bits per heavy atom. The molecule has 1 aromatic carbocycles. The van der Waals surface area contributed by atoms with Crippen LogP contribution in [0.4, 0.5) is 10.5 Å². The van der Waals surface area contributed by atoms with Crippen LogP contribution in [0.2, 0.25) is 0 Å². The summed E-state index contributed by atoms with van der Waals surface area (Å²) in [5.41, 5.74) is 2.99. The van der Waals surface area contributed by atoms with Crippen LogP contribution in [-0.2, 0) is 13.0 Å². The van der Waals surface area contributed by atoms with E-state index in [4.69, 9.17) is 0 Å². The topological polar surface area (TPSA) is 58.1 Å². The van der Waals surface area contributed by atoms with Crippen LogP contribution >= 0.6 is 0 Å². The number of amides is 2. The standard InChI is InChI=1S/C20H20N4O/c25-20(23-19-8-13-22-14-9-19)24(16-18-6-11-21-12-7-18)15-10-17-4-2-1-3-5-17/h1-9,11-14H,10,15-16H2,(H,22,23,25). The second kappa shape index (κ2) is 8.59. The van der Waals surface area contributed by atoms with Gasteiger partial charge in [0.15, 0.2) is 0 Å². The van der Waals surface area contributed by atoms with Crippen molar-refractivity contribution < 1.29 is 4.79 Å². The van der Waals surface area contributed by atoms with E-state index in [1.807, 2.05) is 35.2 Å². The number of anilines is 1. The minimum Gasteiger partial charge on any atom is -0.320 e. The number of nitrogens with zero attached hydrogens (tertiary/aromatic N) is 3. The van der Waals surface area contributed by atoms with E-state index >= 15 is 0 Å². The van der Waals surface area contributed by atoms with Crippen LogP contribution in [0.3, 0.4) is 0 Å². The van der Waals surface area contributed by atoms with Crippen molar-refractivity contribution in [1.29, 1.82) is 0 Å². The number of carbonyl (C=O) groups excluding carboxylic acids is 1. The molecule has 2 heterocycles. The Labute approximate surface area is 147 Å². The first kappa shape index (κ1) is 16.6. The molecule has 5 heteroatoms. The zero-order chi connectivity index (χ0) is 17.3. The molecule has 0 saturated carbocycles. The van der Waals surface area contributed by atoms with E-state index in [1.165, 1.54) is 5.56 Å². The Balaban J connectivity index is 1.70. The second-order valence-corrected chi connectivity index (χ2v) is 5.68. The van der Waals surface area contributed by atoms with Gasteiger partial charge in [0, 0.05) is 43.6 Å². The molecule has 0 bridgehead atoms. The molecule has 3 aromatic rings. The summed E-state index contributed by atoms with van der Waals surface area (Å²) in [5, 5.41) is 2.93. The number of hydrogen-bond donors (Lipinski definition) is 1. The molecule has 0 unspecified atom stereocenters. The van der Waals surface area contributed by atoms with Gasteiger partial charge in [-0.25, -0.2) is 4.79 Å². The number of rotatable bonds is 6. The molecule has 0 atom stereocenters. The number of nitrogens with one attached hydrogen (secondary N) is 1. The van der Waals surface area contributed by atoms with Gasteiger partial charge in [-0.15, -0.1) is 0 Å². The molecular weight excluding hydrogens is 312 g/mol. The second-order valence-electron chi connectivity index (χ2n) is 5.68. The molecule has 2 amide bonds. The molecule has 0 fully saturated rings. The number of urea groups is 1. The van der Waals surface area contributed by atoms with Gasteiger partial charge in [-0.05, 0) is 41.8 Å². The highest BCUT2D eigenvalue weighted by molar-refractivity contribution is 5.89. The third-order valence-corrected chi connectivity index (χ3v) is 3.85. The lowest BCUT2D eigenvalue weighted by atomic mass is 10.1. The van der Waals surface area contributed by atoms with Crippen LogP contribution in [0.1, 0.15) is 11.1 Å². The maximum atomic E-state index is 12.7. The van der Waals surface area contributed by atoms with Crippen molar-refractivity contribution in [1.82, 2.24) is 14.9 Å². The molecule has 25 heavy (non-hydrogen) atoms. The van der Waals surface area contributed by atoms with Crippen LogP contribution in [0.15, 0.2) is 79.4 Å². The fraction of sp³-hybridized carbons (Fsp3) is 0.150. The molecule has 2 aromatic heterocycles. The van der Waals surface area contributed by atoms with E-state index in [0.717, 1.165) is 17.7 Å². The molecule has 3 rings (SSSR count). The third-order valence-electron chi connectivity index (χ3n) is 3.85. The maximum absolute atomic E-state index is 12.7. The summed E-state index contributed by atoms with van der Waals surface area (Å²) in [7, 11) is 0. The molecule has 0 spiro atoms. The van der Waals surface area contributed by atoms with E-state index < -0.39 is 0 Å². The van der Waals surface area contributed by atoms with Gasteiger partial charge in [0.1, 0.15) is 0 Å². The number of aromatic nitrogens is 2. The van der Waals surface area contributed by atoms with E-state index in [1.54, 1.807) is 36.9 Å². The Bertz CT molecular complexity index is 779. The summed E-state index contributed by atoms with van der Waals surface area (Å²) >= 11 is 0. The lowest BCUT2D eigenvalue weighted by Crippen LogP contribution is -2.36. The molecule has 0 aliphatic carbocycles. The van der Waals surface area contributed by atoms with Gasteiger partial charge >= 0.3 is 6.03 Å². The summed E-state index contributed by atoms with van der Waals surface area (Å²) in [5.74, 6) is 0. The summed E-state index contributed by atoms with van der Waals surface area (Å²) < 4.78 is 0. The molecule has 1 N–H and O–H groups in total. The number of hydrogen-bond acceptors (Lipinski definition) is 3. The van der Waals surface area contributed by atoms with Crippen molar-refractivity contribution in [3.8, 4) is 0 Å². The van der Waals surface area contributed by atoms with Crippen molar-refractivity contribution in [2.45, 2.75) is 13.0 Å². The monoisotopic (exact) mass is 332 g/mol. The van der Waals surface area contributed by atoms with Crippen LogP contribution in [0.5, 0.6) is 0 Å². The summed E-state index contributed by atoms with van der Waals surface area (Å²) in [6, 6.07) is 17.5. The normalized spacial score (nSPS) is 10.2. The number of benzene rings is 1. The highest BCUT2D eigenvalue weighted by Gasteiger charge is 2.14. The lowest BCUT2D eigenvalue weighted by molar-refractivity contribution is 0.210. The minimum absolute atomic E-state index is 0.126. The summed E-state index contributed by atoms with van der Waals surface area (Å²) in [4.78, 5) is 22.5. The number of carbonyl (C=O) groups is 1. The largest absolute Gasteiger partial charge is 0.322 e. The average Bonchev–Trinajstić information content (AvgIpc) is 2.67. The van der Waals surface area contributed by atoms with Crippen LogP contribution < -0.4 is 5.32 Å². The average molecular weight is 332 g/mol. The van der Waals surface area contributed by atoms with Crippen molar-refractivity contribution >= 4 is 11.7 Å². The third kappa shape index (κ3) is 5.14. The predicted molar refractivity (Wildman–Crippen MR) is 98.0 cm³/mol. The van der Waals surface area contributed by atoms with Gasteiger partial charge < -0.3 is 10.2 Å². The van der Waals surface area contributed by atoms with Crippen molar-refractivity contribution in [2.24, 2.45) is 0 Å². The van der Waals surface area contributed by atoms with E-state index in [0.29, 0.717) is 13.1 Å². The predicted octanol–water partition coefficient (Wildman–Crippen LogP) is 3.75. The molecular formula is C20H20N4O. The van der Waals surface area contributed by atoms with Gasteiger partial charge in [-0.1, -0.05) is 30.3 Å². The lowest BCUT2D eigenvalue weighted by Gasteiger charge is -2.23. The fourth-order valence-corrected chi connectivity index (χ4v) is 2.51. The first-order valence-corrected chi connectivity index (χ1v) is 8.20. The SMILES string of the molecule is O=C(Nc1ccncc1)N(CCc1ccccc1)Cc1ccncc1. The minimum atomic E-state index is -0.126. The Morgan fingerprint density at radius 2 is 1.48 bits per heavy atom. The van der Waals surface area contributed by atoms with Crippen molar-refractivity contribution in [2.75, 3.05) is 11.9 Å². The van der Waals surface area contributed by atoms with Crippen LogP contribution in [0, 0.1) is 0 Å². The maximum Gasteiger partial charge on any atom is 0.322 e. The molecule has 0 saturated heterocycles. The Morgan fingerprint density at radius 3 is 2.16 bits per heavy atom. The van der Waals surface area contributed by atoms with E-state index in [9.17, 15) is 4.79 Å². The number of pyridine rings is 2. The molecule has 126 valence electrons. The van der Waals surface area contributed by atoms with Crippen molar-refractivity contribution in [3.63, 3.8) is 0 Å². The highest BCUT2D eigenvalue weighted by Crippen LogP contribution is 2.10. The smallest absolute Gasteiger partial charge is 0.320 e. The quantitative estimate of drug-likeness (QED) is 0.748. The summed E-state index contributed by atoms with van der Waals surface area (Å²) in [6.07, 6.45) is 7.60. The fourth-order valence-electron chi connectivity index (χ4n) is 2.51. The van der Waals surface area contributed by atoms with Crippen LogP contribution in [0.25, 0.3) is 0 Å². The van der Waals surface area contributed by atoms with Gasteiger partial charge in [-0.2, -0.15) is 0 Å². The first-order chi connectivity index (χ1) is 12.3. The summed E-state index contributed by atoms with van der Waals surface area (Å²) in [6.45, 7) is 1.16. The van der Waals surface area contributed by atoms with Crippen LogP contribution in [-0.4, -0.2) is 27.4 Å².